The summed E-state index contributed by atoms with van der Waals surface area (Å²) in [5.74, 6) is -3.67. The van der Waals surface area contributed by atoms with E-state index in [2.05, 4.69) is 5.32 Å². The van der Waals surface area contributed by atoms with Crippen molar-refractivity contribution in [2.24, 2.45) is 0 Å². The molecule has 88 valence electrons. The first kappa shape index (κ1) is 11.4. The van der Waals surface area contributed by atoms with E-state index in [1.807, 2.05) is 11.9 Å². The standard InChI is InChI=1S/C11H13F3N2/c1-16-3-2-15-6-10(16)7-4-8(12)11(14)9(13)5-7/h4-5,10,15H,2-3,6H2,1H3. The molecule has 1 fully saturated rings. The van der Waals surface area contributed by atoms with E-state index in [1.165, 1.54) is 0 Å². The number of hydrogen-bond donors (Lipinski definition) is 1. The maximum absolute atomic E-state index is 13.1. The summed E-state index contributed by atoms with van der Waals surface area (Å²) in [5, 5.41) is 3.14. The first-order chi connectivity index (χ1) is 7.59. The molecule has 5 heteroatoms. The lowest BCUT2D eigenvalue weighted by Crippen LogP contribution is -2.43. The highest BCUT2D eigenvalue weighted by molar-refractivity contribution is 5.23. The van der Waals surface area contributed by atoms with E-state index in [4.69, 9.17) is 0 Å². The zero-order valence-electron chi connectivity index (χ0n) is 8.93. The van der Waals surface area contributed by atoms with Crippen LogP contribution < -0.4 is 5.32 Å². The molecule has 2 nitrogen and oxygen atoms in total. The third-order valence-electron chi connectivity index (χ3n) is 2.90. The summed E-state index contributed by atoms with van der Waals surface area (Å²) in [6.07, 6.45) is 0. The van der Waals surface area contributed by atoms with E-state index in [-0.39, 0.29) is 6.04 Å². The van der Waals surface area contributed by atoms with E-state index in [1.54, 1.807) is 0 Å². The van der Waals surface area contributed by atoms with Crippen molar-refractivity contribution in [3.8, 4) is 0 Å². The first-order valence-electron chi connectivity index (χ1n) is 5.15. The Morgan fingerprint density at radius 2 is 1.88 bits per heavy atom. The van der Waals surface area contributed by atoms with Gasteiger partial charge < -0.3 is 5.32 Å². The molecule has 1 aliphatic rings. The van der Waals surface area contributed by atoms with Crippen molar-refractivity contribution in [3.05, 3.63) is 35.1 Å². The minimum Gasteiger partial charge on any atom is -0.314 e. The number of benzene rings is 1. The number of piperazine rings is 1. The van der Waals surface area contributed by atoms with Crippen LogP contribution in [0.15, 0.2) is 12.1 Å². The van der Waals surface area contributed by atoms with Crippen molar-refractivity contribution >= 4 is 0 Å². The van der Waals surface area contributed by atoms with E-state index >= 15 is 0 Å². The van der Waals surface area contributed by atoms with E-state index in [9.17, 15) is 13.2 Å². The van der Waals surface area contributed by atoms with Gasteiger partial charge in [-0.2, -0.15) is 0 Å². The topological polar surface area (TPSA) is 15.3 Å². The van der Waals surface area contributed by atoms with Gasteiger partial charge in [0.1, 0.15) is 0 Å². The molecule has 1 aromatic rings. The molecule has 1 unspecified atom stereocenters. The van der Waals surface area contributed by atoms with Gasteiger partial charge in [0.15, 0.2) is 17.5 Å². The van der Waals surface area contributed by atoms with Gasteiger partial charge in [0.2, 0.25) is 0 Å². The van der Waals surface area contributed by atoms with Gasteiger partial charge in [-0.05, 0) is 24.7 Å². The zero-order valence-corrected chi connectivity index (χ0v) is 8.93. The molecular weight excluding hydrogens is 217 g/mol. The van der Waals surface area contributed by atoms with Gasteiger partial charge in [0, 0.05) is 25.7 Å². The summed E-state index contributed by atoms with van der Waals surface area (Å²) in [4.78, 5) is 1.99. The molecular formula is C11H13F3N2. The number of nitrogens with zero attached hydrogens (tertiary/aromatic N) is 1. The molecule has 0 amide bonds. The van der Waals surface area contributed by atoms with Crippen LogP contribution in [0.25, 0.3) is 0 Å². The Balaban J connectivity index is 2.32. The lowest BCUT2D eigenvalue weighted by Gasteiger charge is -2.33. The summed E-state index contributed by atoms with van der Waals surface area (Å²) >= 11 is 0. The number of nitrogens with one attached hydrogen (secondary N) is 1. The van der Waals surface area contributed by atoms with Gasteiger partial charge in [-0.15, -0.1) is 0 Å². The minimum atomic E-state index is -1.41. The Labute approximate surface area is 92.1 Å². The Bertz CT molecular complexity index is 372. The summed E-state index contributed by atoms with van der Waals surface area (Å²) in [6.45, 7) is 2.26. The molecule has 1 N–H and O–H groups in total. The summed E-state index contributed by atoms with van der Waals surface area (Å²) in [6, 6.07) is 2.01. The van der Waals surface area contributed by atoms with Gasteiger partial charge in [0.25, 0.3) is 0 Å². The highest BCUT2D eigenvalue weighted by atomic mass is 19.2. The molecule has 1 aliphatic heterocycles. The summed E-state index contributed by atoms with van der Waals surface area (Å²) in [7, 11) is 1.88. The van der Waals surface area contributed by atoms with Crippen LogP contribution in [0.3, 0.4) is 0 Å². The molecule has 1 atom stereocenters. The number of halogens is 3. The van der Waals surface area contributed by atoms with Crippen molar-refractivity contribution in [1.82, 2.24) is 10.2 Å². The van der Waals surface area contributed by atoms with Crippen LogP contribution in [0.4, 0.5) is 13.2 Å². The number of hydrogen-bond acceptors (Lipinski definition) is 2. The van der Waals surface area contributed by atoms with Crippen molar-refractivity contribution in [1.29, 1.82) is 0 Å². The van der Waals surface area contributed by atoms with Crippen LogP contribution in [0.1, 0.15) is 11.6 Å². The quantitative estimate of drug-likeness (QED) is 0.738. The molecule has 1 heterocycles. The predicted molar refractivity (Wildman–Crippen MR) is 54.6 cm³/mol. The maximum Gasteiger partial charge on any atom is 0.194 e. The van der Waals surface area contributed by atoms with Gasteiger partial charge in [-0.25, -0.2) is 13.2 Å². The van der Waals surface area contributed by atoms with Crippen LogP contribution in [0.5, 0.6) is 0 Å². The van der Waals surface area contributed by atoms with Gasteiger partial charge >= 0.3 is 0 Å². The highest BCUT2D eigenvalue weighted by Crippen LogP contribution is 2.23. The lowest BCUT2D eigenvalue weighted by molar-refractivity contribution is 0.201. The third kappa shape index (κ3) is 2.05. The fourth-order valence-electron chi connectivity index (χ4n) is 1.95. The summed E-state index contributed by atoms with van der Waals surface area (Å²) in [5.41, 5.74) is 0.464. The molecule has 1 saturated heterocycles. The number of likely N-dealkylation sites (N-methyl/N-ethyl adjacent to an activating group) is 1. The highest BCUT2D eigenvalue weighted by Gasteiger charge is 2.23. The Morgan fingerprint density at radius 1 is 1.25 bits per heavy atom. The normalized spacial score (nSPS) is 22.4. The Kier molecular flexibility index (Phi) is 3.16. The summed E-state index contributed by atoms with van der Waals surface area (Å²) < 4.78 is 38.9. The second-order valence-electron chi connectivity index (χ2n) is 4.00. The maximum atomic E-state index is 13.1. The van der Waals surface area contributed by atoms with Crippen LogP contribution in [0, 0.1) is 17.5 Å². The second kappa shape index (κ2) is 4.43. The molecule has 0 spiro atoms. The average molecular weight is 230 g/mol. The minimum absolute atomic E-state index is 0.113. The third-order valence-corrected chi connectivity index (χ3v) is 2.90. The monoisotopic (exact) mass is 230 g/mol. The lowest BCUT2D eigenvalue weighted by atomic mass is 10.0. The van der Waals surface area contributed by atoms with Crippen molar-refractivity contribution in [3.63, 3.8) is 0 Å². The first-order valence-corrected chi connectivity index (χ1v) is 5.15. The molecule has 1 aromatic carbocycles. The van der Waals surface area contributed by atoms with E-state index in [0.29, 0.717) is 12.1 Å². The van der Waals surface area contributed by atoms with Crippen LogP contribution in [-0.2, 0) is 0 Å². The molecule has 0 bridgehead atoms. The predicted octanol–water partition coefficient (Wildman–Crippen LogP) is 1.68. The van der Waals surface area contributed by atoms with E-state index in [0.717, 1.165) is 25.2 Å². The SMILES string of the molecule is CN1CCNCC1c1cc(F)c(F)c(F)c1. The van der Waals surface area contributed by atoms with Crippen LogP contribution in [0.2, 0.25) is 0 Å². The smallest absolute Gasteiger partial charge is 0.194 e. The molecule has 0 saturated carbocycles. The largest absolute Gasteiger partial charge is 0.314 e. The van der Waals surface area contributed by atoms with Crippen LogP contribution >= 0.6 is 0 Å². The van der Waals surface area contributed by atoms with Gasteiger partial charge in [0.05, 0.1) is 0 Å². The second-order valence-corrected chi connectivity index (χ2v) is 4.00. The van der Waals surface area contributed by atoms with Crippen molar-refractivity contribution in [2.45, 2.75) is 6.04 Å². The molecule has 16 heavy (non-hydrogen) atoms. The fourth-order valence-corrected chi connectivity index (χ4v) is 1.95. The van der Waals surface area contributed by atoms with Crippen LogP contribution in [-0.4, -0.2) is 31.6 Å². The van der Waals surface area contributed by atoms with E-state index < -0.39 is 17.5 Å². The average Bonchev–Trinajstić information content (AvgIpc) is 2.26. The van der Waals surface area contributed by atoms with Gasteiger partial charge in [-0.1, -0.05) is 0 Å². The number of rotatable bonds is 1. The molecule has 2 rings (SSSR count). The van der Waals surface area contributed by atoms with Gasteiger partial charge in [-0.3, -0.25) is 4.90 Å². The zero-order chi connectivity index (χ0) is 11.7. The Morgan fingerprint density at radius 3 is 2.44 bits per heavy atom. The van der Waals surface area contributed by atoms with Crippen molar-refractivity contribution in [2.75, 3.05) is 26.7 Å². The molecule has 0 radical (unpaired) electrons. The molecule has 0 aliphatic carbocycles. The Hall–Kier alpha value is -1.07. The molecule has 0 aromatic heterocycles. The fraction of sp³-hybridized carbons (Fsp3) is 0.455. The van der Waals surface area contributed by atoms with Crippen molar-refractivity contribution < 1.29 is 13.2 Å².